The highest BCUT2D eigenvalue weighted by Crippen LogP contribution is 2.37. The van der Waals surface area contributed by atoms with Gasteiger partial charge in [-0.3, -0.25) is 0 Å². The van der Waals surface area contributed by atoms with Crippen molar-refractivity contribution >= 4 is 50.9 Å². The van der Waals surface area contributed by atoms with Gasteiger partial charge in [-0.05, 0) is 36.2 Å². The van der Waals surface area contributed by atoms with Gasteiger partial charge in [-0.25, -0.2) is 0 Å². The molecule has 0 aliphatic rings. The van der Waals surface area contributed by atoms with Crippen molar-refractivity contribution in [1.29, 1.82) is 0 Å². The van der Waals surface area contributed by atoms with Gasteiger partial charge in [0.25, 0.3) is 0 Å². The molecule has 4 aromatic rings. The first kappa shape index (κ1) is 17.7. The first-order valence-electron chi connectivity index (χ1n) is 7.92. The third kappa shape index (κ3) is 4.32. The van der Waals surface area contributed by atoms with Crippen LogP contribution >= 0.6 is 45.8 Å². The standard InChI is InChI=1S/C16H15N5OS4/c1-10(14-18-13(21-22-14)12-5-3-9-24-12)25-16-20-19-15(26-16)17-7-6-11-4-2-8-23-11/h2-5,8-10H,6-7H2,1H3,(H,17,19). The lowest BCUT2D eigenvalue weighted by molar-refractivity contribution is 0.381. The second-order valence-electron chi connectivity index (χ2n) is 5.32. The highest BCUT2D eigenvalue weighted by Gasteiger charge is 2.19. The molecule has 0 fully saturated rings. The predicted octanol–water partition coefficient (Wildman–Crippen LogP) is 5.22. The molecule has 10 heteroatoms. The van der Waals surface area contributed by atoms with Gasteiger partial charge in [-0.1, -0.05) is 40.4 Å². The lowest BCUT2D eigenvalue weighted by Gasteiger charge is -2.01. The number of thioether (sulfide) groups is 1. The van der Waals surface area contributed by atoms with E-state index >= 15 is 0 Å². The van der Waals surface area contributed by atoms with Gasteiger partial charge in [-0.2, -0.15) is 4.98 Å². The van der Waals surface area contributed by atoms with Gasteiger partial charge >= 0.3 is 0 Å². The molecular weight excluding hydrogens is 406 g/mol. The Kier molecular flexibility index (Phi) is 5.63. The SMILES string of the molecule is CC(Sc1nnc(NCCc2cccs2)s1)c1nc(-c2cccs2)no1. The maximum Gasteiger partial charge on any atom is 0.240 e. The first-order chi connectivity index (χ1) is 12.8. The summed E-state index contributed by atoms with van der Waals surface area (Å²) in [6, 6.07) is 8.17. The average Bonchev–Trinajstić information content (AvgIpc) is 3.42. The Morgan fingerprint density at radius 1 is 1.19 bits per heavy atom. The Morgan fingerprint density at radius 3 is 2.88 bits per heavy atom. The number of hydrogen-bond acceptors (Lipinski definition) is 10. The molecule has 134 valence electrons. The second-order valence-corrected chi connectivity index (χ2v) is 9.87. The largest absolute Gasteiger partial charge is 0.360 e. The molecular formula is C16H15N5OS4. The molecule has 0 saturated heterocycles. The molecule has 1 unspecified atom stereocenters. The number of nitrogens with zero attached hydrogens (tertiary/aromatic N) is 4. The van der Waals surface area contributed by atoms with Crippen LogP contribution in [0.15, 0.2) is 43.9 Å². The Hall–Kier alpha value is -1.75. The van der Waals surface area contributed by atoms with E-state index < -0.39 is 0 Å². The summed E-state index contributed by atoms with van der Waals surface area (Å²) in [5.74, 6) is 1.23. The van der Waals surface area contributed by atoms with Crippen molar-refractivity contribution in [2.45, 2.75) is 22.9 Å². The predicted molar refractivity (Wildman–Crippen MR) is 108 cm³/mol. The van der Waals surface area contributed by atoms with Crippen molar-refractivity contribution < 1.29 is 4.52 Å². The normalized spacial score (nSPS) is 12.3. The lowest BCUT2D eigenvalue weighted by Crippen LogP contribution is -2.03. The molecule has 0 aromatic carbocycles. The minimum atomic E-state index is 0.0168. The van der Waals surface area contributed by atoms with Crippen LogP contribution in [-0.4, -0.2) is 26.9 Å². The monoisotopic (exact) mass is 421 g/mol. The van der Waals surface area contributed by atoms with E-state index in [1.165, 1.54) is 4.88 Å². The van der Waals surface area contributed by atoms with E-state index in [0.717, 1.165) is 27.3 Å². The van der Waals surface area contributed by atoms with Crippen LogP contribution in [0.5, 0.6) is 0 Å². The highest BCUT2D eigenvalue weighted by molar-refractivity contribution is 8.01. The fourth-order valence-electron chi connectivity index (χ4n) is 2.18. The van der Waals surface area contributed by atoms with Gasteiger partial charge in [0.2, 0.25) is 16.8 Å². The van der Waals surface area contributed by atoms with Crippen LogP contribution < -0.4 is 5.32 Å². The van der Waals surface area contributed by atoms with Crippen LogP contribution in [0.3, 0.4) is 0 Å². The Bertz CT molecular complexity index is 932. The number of nitrogens with one attached hydrogen (secondary N) is 1. The fourth-order valence-corrected chi connectivity index (χ4v) is 5.49. The Labute approximate surface area is 166 Å². The second kappa shape index (κ2) is 8.30. The molecule has 0 radical (unpaired) electrons. The number of aromatic nitrogens is 4. The molecule has 26 heavy (non-hydrogen) atoms. The molecule has 0 amide bonds. The van der Waals surface area contributed by atoms with Crippen molar-refractivity contribution in [3.63, 3.8) is 0 Å². The minimum Gasteiger partial charge on any atom is -0.360 e. The summed E-state index contributed by atoms with van der Waals surface area (Å²) >= 11 is 6.48. The lowest BCUT2D eigenvalue weighted by atomic mass is 10.3. The first-order valence-corrected chi connectivity index (χ1v) is 11.4. The zero-order chi connectivity index (χ0) is 17.8. The van der Waals surface area contributed by atoms with Crippen molar-refractivity contribution in [2.75, 3.05) is 11.9 Å². The van der Waals surface area contributed by atoms with Gasteiger partial charge in [0, 0.05) is 11.4 Å². The van der Waals surface area contributed by atoms with Crippen LogP contribution in [0, 0.1) is 0 Å². The highest BCUT2D eigenvalue weighted by atomic mass is 32.2. The summed E-state index contributed by atoms with van der Waals surface area (Å²) in [5, 5.41) is 20.8. The summed E-state index contributed by atoms with van der Waals surface area (Å²) in [6.45, 7) is 2.88. The maximum absolute atomic E-state index is 5.40. The summed E-state index contributed by atoms with van der Waals surface area (Å²) < 4.78 is 6.28. The van der Waals surface area contributed by atoms with Gasteiger partial charge in [0.05, 0.1) is 10.1 Å². The van der Waals surface area contributed by atoms with E-state index in [1.54, 1.807) is 45.8 Å². The van der Waals surface area contributed by atoms with Gasteiger partial charge in [0.15, 0.2) is 4.34 Å². The smallest absolute Gasteiger partial charge is 0.240 e. The molecule has 0 bridgehead atoms. The van der Waals surface area contributed by atoms with E-state index in [0.29, 0.717) is 11.7 Å². The number of anilines is 1. The quantitative estimate of drug-likeness (QED) is 0.391. The Morgan fingerprint density at radius 2 is 2.08 bits per heavy atom. The van der Waals surface area contributed by atoms with E-state index in [1.807, 2.05) is 24.4 Å². The van der Waals surface area contributed by atoms with Crippen molar-refractivity contribution in [2.24, 2.45) is 0 Å². The minimum absolute atomic E-state index is 0.0168. The van der Waals surface area contributed by atoms with Crippen molar-refractivity contribution in [3.05, 3.63) is 45.8 Å². The molecule has 4 rings (SSSR count). The number of thiophene rings is 2. The van der Waals surface area contributed by atoms with E-state index in [4.69, 9.17) is 4.52 Å². The Balaban J connectivity index is 1.32. The van der Waals surface area contributed by atoms with Crippen LogP contribution in [0.2, 0.25) is 0 Å². The van der Waals surface area contributed by atoms with Gasteiger partial charge < -0.3 is 9.84 Å². The number of hydrogen-bond donors (Lipinski definition) is 1. The fraction of sp³-hybridized carbons (Fsp3) is 0.250. The molecule has 1 N–H and O–H groups in total. The van der Waals surface area contributed by atoms with Crippen molar-refractivity contribution in [3.8, 4) is 10.7 Å². The molecule has 4 heterocycles. The molecule has 0 saturated carbocycles. The molecule has 0 spiro atoms. The maximum atomic E-state index is 5.40. The molecule has 4 aromatic heterocycles. The van der Waals surface area contributed by atoms with Crippen LogP contribution in [0.25, 0.3) is 10.7 Å². The molecule has 0 aliphatic heterocycles. The topological polar surface area (TPSA) is 76.7 Å². The van der Waals surface area contributed by atoms with Crippen LogP contribution in [0.4, 0.5) is 5.13 Å². The zero-order valence-corrected chi connectivity index (χ0v) is 17.1. The molecule has 1 atom stereocenters. The van der Waals surface area contributed by atoms with Crippen molar-refractivity contribution in [1.82, 2.24) is 20.3 Å². The van der Waals surface area contributed by atoms with E-state index in [9.17, 15) is 0 Å². The molecule has 6 nitrogen and oxygen atoms in total. The van der Waals surface area contributed by atoms with Crippen LogP contribution in [0.1, 0.15) is 22.9 Å². The summed E-state index contributed by atoms with van der Waals surface area (Å²) in [4.78, 5) is 6.86. The zero-order valence-electron chi connectivity index (χ0n) is 13.8. The number of rotatable bonds is 8. The van der Waals surface area contributed by atoms with Gasteiger partial charge in [-0.15, -0.1) is 32.9 Å². The summed E-state index contributed by atoms with van der Waals surface area (Å²) in [5.41, 5.74) is 0. The third-order valence-corrected chi connectivity index (χ3v) is 7.30. The van der Waals surface area contributed by atoms with E-state index in [2.05, 4.69) is 43.2 Å². The summed E-state index contributed by atoms with van der Waals surface area (Å²) in [6.07, 6.45) is 0.990. The van der Waals surface area contributed by atoms with E-state index in [-0.39, 0.29) is 5.25 Å². The van der Waals surface area contributed by atoms with Crippen LogP contribution in [-0.2, 0) is 6.42 Å². The average molecular weight is 422 g/mol. The molecule has 0 aliphatic carbocycles. The summed E-state index contributed by atoms with van der Waals surface area (Å²) in [7, 11) is 0. The van der Waals surface area contributed by atoms with Gasteiger partial charge in [0.1, 0.15) is 0 Å². The third-order valence-electron chi connectivity index (χ3n) is 3.44.